The lowest BCUT2D eigenvalue weighted by Crippen LogP contribution is -2.65. The van der Waals surface area contributed by atoms with E-state index in [1.54, 1.807) is 18.2 Å². The highest BCUT2D eigenvalue weighted by molar-refractivity contribution is 6.01. The summed E-state index contributed by atoms with van der Waals surface area (Å²) in [7, 11) is 0. The van der Waals surface area contributed by atoms with Gasteiger partial charge in [-0.25, -0.2) is 5.48 Å². The third kappa shape index (κ3) is 2.19. The molecule has 2 aliphatic rings. The van der Waals surface area contributed by atoms with Gasteiger partial charge in [-0.1, -0.05) is 6.07 Å². The molecule has 20 heavy (non-hydrogen) atoms. The number of ketones is 1. The minimum Gasteiger partial charge on any atom is -0.483 e. The lowest BCUT2D eigenvalue weighted by Gasteiger charge is -2.44. The molecule has 6 nitrogen and oxygen atoms in total. The van der Waals surface area contributed by atoms with Gasteiger partial charge in [-0.2, -0.15) is 0 Å². The Morgan fingerprint density at radius 2 is 2.25 bits per heavy atom. The van der Waals surface area contributed by atoms with Crippen molar-refractivity contribution in [2.75, 3.05) is 13.1 Å². The summed E-state index contributed by atoms with van der Waals surface area (Å²) in [5, 5.41) is 11.5. The lowest BCUT2D eigenvalue weighted by atomic mass is 9.85. The Bertz CT molecular complexity index is 605. The Hall–Kier alpha value is -2.18. The van der Waals surface area contributed by atoms with Gasteiger partial charge >= 0.3 is 0 Å². The van der Waals surface area contributed by atoms with E-state index in [-0.39, 0.29) is 11.4 Å². The van der Waals surface area contributed by atoms with E-state index in [0.717, 1.165) is 0 Å². The molecule has 104 valence electrons. The molecule has 0 radical (unpaired) electrons. The van der Waals surface area contributed by atoms with Crippen molar-refractivity contribution in [3.8, 4) is 5.75 Å². The predicted octanol–water partition coefficient (Wildman–Crippen LogP) is 0.512. The van der Waals surface area contributed by atoms with Crippen LogP contribution < -0.4 is 15.5 Å². The predicted molar refractivity (Wildman–Crippen MR) is 70.6 cm³/mol. The molecule has 0 aliphatic carbocycles. The van der Waals surface area contributed by atoms with Crippen LogP contribution in [0.5, 0.6) is 5.75 Å². The Morgan fingerprint density at radius 3 is 2.90 bits per heavy atom. The van der Waals surface area contributed by atoms with E-state index in [2.05, 4.69) is 5.32 Å². The molecule has 2 heterocycles. The standard InChI is InChI=1S/C14H14N2O4/c17-11-6-14(7-15-8-14)20-12-3-1-9(5-10(11)12)2-4-13(18)16-19/h1-5,15,19H,6-8H2,(H,16,18)/b4-2+. The van der Waals surface area contributed by atoms with E-state index in [1.165, 1.54) is 17.6 Å². The van der Waals surface area contributed by atoms with Crippen LogP contribution in [-0.4, -0.2) is 35.6 Å². The highest BCUT2D eigenvalue weighted by atomic mass is 16.5. The van der Waals surface area contributed by atoms with Crippen LogP contribution in [0.25, 0.3) is 6.08 Å². The van der Waals surface area contributed by atoms with E-state index >= 15 is 0 Å². The summed E-state index contributed by atoms with van der Waals surface area (Å²) in [6, 6.07) is 5.19. The van der Waals surface area contributed by atoms with Crippen LogP contribution in [0, 0.1) is 0 Å². The number of hydrogen-bond acceptors (Lipinski definition) is 5. The molecule has 0 aromatic heterocycles. The second kappa shape index (κ2) is 4.73. The normalized spacial score (nSPS) is 19.4. The molecule has 0 unspecified atom stereocenters. The first-order valence-corrected chi connectivity index (χ1v) is 6.31. The summed E-state index contributed by atoms with van der Waals surface area (Å²) in [5.74, 6) is 0.0194. The molecule has 2 aliphatic heterocycles. The van der Waals surface area contributed by atoms with Crippen LogP contribution in [0.3, 0.4) is 0 Å². The third-order valence-electron chi connectivity index (χ3n) is 3.54. The van der Waals surface area contributed by atoms with Crippen LogP contribution in [-0.2, 0) is 4.79 Å². The second-order valence-electron chi connectivity index (χ2n) is 5.05. The number of hydroxylamine groups is 1. The Labute approximate surface area is 115 Å². The fraction of sp³-hybridized carbons (Fsp3) is 0.286. The van der Waals surface area contributed by atoms with Crippen molar-refractivity contribution in [1.29, 1.82) is 0 Å². The van der Waals surface area contributed by atoms with Crippen LogP contribution in [0.15, 0.2) is 24.3 Å². The summed E-state index contributed by atoms with van der Waals surface area (Å²) in [6.45, 7) is 1.38. The number of fused-ring (bicyclic) bond motifs is 1. The number of hydrogen-bond donors (Lipinski definition) is 3. The molecule has 1 fully saturated rings. The summed E-state index contributed by atoms with van der Waals surface area (Å²) < 4.78 is 5.90. The van der Waals surface area contributed by atoms with E-state index in [4.69, 9.17) is 9.94 Å². The molecule has 1 amide bonds. The molecule has 1 saturated heterocycles. The van der Waals surface area contributed by atoms with Gasteiger partial charge in [0, 0.05) is 19.2 Å². The van der Waals surface area contributed by atoms with Crippen LogP contribution in [0.4, 0.5) is 0 Å². The molecule has 0 atom stereocenters. The largest absolute Gasteiger partial charge is 0.483 e. The second-order valence-corrected chi connectivity index (χ2v) is 5.05. The Morgan fingerprint density at radius 1 is 1.45 bits per heavy atom. The van der Waals surface area contributed by atoms with Gasteiger partial charge in [0.15, 0.2) is 5.78 Å². The third-order valence-corrected chi connectivity index (χ3v) is 3.54. The molecule has 6 heteroatoms. The van der Waals surface area contributed by atoms with Gasteiger partial charge in [0.2, 0.25) is 0 Å². The summed E-state index contributed by atoms with van der Waals surface area (Å²) >= 11 is 0. The summed E-state index contributed by atoms with van der Waals surface area (Å²) in [6.07, 6.45) is 3.08. The van der Waals surface area contributed by atoms with Gasteiger partial charge in [0.25, 0.3) is 5.91 Å². The van der Waals surface area contributed by atoms with Gasteiger partial charge in [0.05, 0.1) is 12.0 Å². The number of carbonyl (C=O) groups excluding carboxylic acids is 2. The number of nitrogens with one attached hydrogen (secondary N) is 2. The molecular formula is C14H14N2O4. The highest BCUT2D eigenvalue weighted by Crippen LogP contribution is 2.36. The van der Waals surface area contributed by atoms with Crippen molar-refractivity contribution < 1.29 is 19.5 Å². The SMILES string of the molecule is O=C(/C=C/c1ccc2c(c1)C(=O)CC1(CNC1)O2)NO. The van der Waals surface area contributed by atoms with Gasteiger partial charge < -0.3 is 10.1 Å². The topological polar surface area (TPSA) is 87.7 Å². The van der Waals surface area contributed by atoms with Gasteiger partial charge in [-0.3, -0.25) is 14.8 Å². The van der Waals surface area contributed by atoms with Gasteiger partial charge in [-0.15, -0.1) is 0 Å². The summed E-state index contributed by atoms with van der Waals surface area (Å²) in [4.78, 5) is 23.1. The van der Waals surface area contributed by atoms with E-state index in [9.17, 15) is 9.59 Å². The molecule has 0 saturated carbocycles. The van der Waals surface area contributed by atoms with E-state index in [1.807, 2.05) is 0 Å². The smallest absolute Gasteiger partial charge is 0.267 e. The average Bonchev–Trinajstić information content (AvgIpc) is 2.43. The number of amides is 1. The van der Waals surface area contributed by atoms with E-state index < -0.39 is 5.91 Å². The zero-order chi connectivity index (χ0) is 14.2. The molecule has 0 bridgehead atoms. The maximum Gasteiger partial charge on any atom is 0.267 e. The molecular weight excluding hydrogens is 260 g/mol. The number of rotatable bonds is 2. The molecule has 1 aromatic carbocycles. The fourth-order valence-corrected chi connectivity index (χ4v) is 2.43. The highest BCUT2D eigenvalue weighted by Gasteiger charge is 2.45. The maximum absolute atomic E-state index is 12.2. The number of Topliss-reactive ketones (excluding diaryl/α,β-unsaturated/α-hetero) is 1. The summed E-state index contributed by atoms with van der Waals surface area (Å²) in [5.41, 5.74) is 2.37. The minimum atomic E-state index is -0.621. The van der Waals surface area contributed by atoms with Crippen LogP contribution in [0.1, 0.15) is 22.3 Å². The quantitative estimate of drug-likeness (QED) is 0.415. The Kier molecular flexibility index (Phi) is 3.04. The van der Waals surface area contributed by atoms with Crippen molar-refractivity contribution in [2.45, 2.75) is 12.0 Å². The van der Waals surface area contributed by atoms with E-state index in [0.29, 0.717) is 36.4 Å². The fourth-order valence-electron chi connectivity index (χ4n) is 2.43. The first-order chi connectivity index (χ1) is 9.62. The van der Waals surface area contributed by atoms with Crippen molar-refractivity contribution >= 4 is 17.8 Å². The first kappa shape index (κ1) is 12.8. The van der Waals surface area contributed by atoms with Crippen molar-refractivity contribution in [3.05, 3.63) is 35.4 Å². The van der Waals surface area contributed by atoms with Crippen molar-refractivity contribution in [2.24, 2.45) is 0 Å². The Balaban J connectivity index is 1.86. The van der Waals surface area contributed by atoms with Gasteiger partial charge in [-0.05, 0) is 23.8 Å². The monoisotopic (exact) mass is 274 g/mol. The minimum absolute atomic E-state index is 0.0506. The first-order valence-electron chi connectivity index (χ1n) is 6.31. The maximum atomic E-state index is 12.2. The average molecular weight is 274 g/mol. The number of carbonyl (C=O) groups is 2. The van der Waals surface area contributed by atoms with Gasteiger partial charge in [0.1, 0.15) is 11.4 Å². The van der Waals surface area contributed by atoms with Crippen LogP contribution >= 0.6 is 0 Å². The molecule has 3 rings (SSSR count). The van der Waals surface area contributed by atoms with Crippen LogP contribution in [0.2, 0.25) is 0 Å². The molecule has 1 aromatic rings. The molecule has 3 N–H and O–H groups in total. The number of benzene rings is 1. The zero-order valence-corrected chi connectivity index (χ0v) is 10.7. The number of ether oxygens (including phenoxy) is 1. The van der Waals surface area contributed by atoms with Crippen molar-refractivity contribution in [3.63, 3.8) is 0 Å². The zero-order valence-electron chi connectivity index (χ0n) is 10.7. The lowest BCUT2D eigenvalue weighted by molar-refractivity contribution is -0.124. The van der Waals surface area contributed by atoms with Crippen molar-refractivity contribution in [1.82, 2.24) is 10.8 Å². The molecule has 1 spiro atoms.